The lowest BCUT2D eigenvalue weighted by atomic mass is 10.3. The average Bonchev–Trinajstić information content (AvgIpc) is 2.51. The van der Waals surface area contributed by atoms with Crippen molar-refractivity contribution in [2.24, 2.45) is 0 Å². The quantitative estimate of drug-likeness (QED) is 0.806. The van der Waals surface area contributed by atoms with Gasteiger partial charge in [0.2, 0.25) is 11.9 Å². The molecule has 1 aromatic carbocycles. The number of methoxy groups -OCH3 is 2. The van der Waals surface area contributed by atoms with Gasteiger partial charge in [-0.15, -0.1) is 0 Å². The van der Waals surface area contributed by atoms with Gasteiger partial charge in [0.25, 0.3) is 5.56 Å². The number of anilines is 2. The summed E-state index contributed by atoms with van der Waals surface area (Å²) in [5.74, 6) is -1.20. The molecule has 1 aromatic heterocycles. The molecule has 3 N–H and O–H groups in total. The van der Waals surface area contributed by atoms with Crippen molar-refractivity contribution in [2.75, 3.05) is 25.3 Å². The minimum absolute atomic E-state index is 0.0615. The zero-order chi connectivity index (χ0) is 17.7. The van der Waals surface area contributed by atoms with Gasteiger partial charge < -0.3 is 20.5 Å². The van der Waals surface area contributed by atoms with Crippen LogP contribution in [0.25, 0.3) is 0 Å². The largest absolute Gasteiger partial charge is 0.494 e. The number of carbonyl (C=O) groups excluding carboxylic acids is 1. The van der Waals surface area contributed by atoms with Crippen molar-refractivity contribution in [3.05, 3.63) is 46.1 Å². The molecule has 0 unspecified atom stereocenters. The molecule has 2 rings (SSSR count). The van der Waals surface area contributed by atoms with Crippen LogP contribution in [0.3, 0.4) is 0 Å². The predicted molar refractivity (Wildman–Crippen MR) is 85.2 cm³/mol. The highest BCUT2D eigenvalue weighted by molar-refractivity contribution is 5.90. The van der Waals surface area contributed by atoms with E-state index in [1.807, 2.05) is 0 Å². The molecule has 2 aromatic rings. The SMILES string of the molecule is COCc1cc(=O)n(CC(=O)Nc2ccc(OC)c(F)c2)c(N)n1. The molecule has 0 saturated carbocycles. The summed E-state index contributed by atoms with van der Waals surface area (Å²) in [6, 6.07) is 5.21. The van der Waals surface area contributed by atoms with Crippen LogP contribution in [-0.4, -0.2) is 29.7 Å². The summed E-state index contributed by atoms with van der Waals surface area (Å²) in [6.45, 7) is -0.212. The molecule has 24 heavy (non-hydrogen) atoms. The number of hydrogen-bond acceptors (Lipinski definition) is 6. The molecular formula is C15H17FN4O4. The van der Waals surface area contributed by atoms with Gasteiger partial charge in [0, 0.05) is 24.9 Å². The molecule has 8 nitrogen and oxygen atoms in total. The fraction of sp³-hybridized carbons (Fsp3) is 0.267. The van der Waals surface area contributed by atoms with Crippen LogP contribution >= 0.6 is 0 Å². The third-order valence-corrected chi connectivity index (χ3v) is 3.12. The monoisotopic (exact) mass is 336 g/mol. The summed E-state index contributed by atoms with van der Waals surface area (Å²) < 4.78 is 24.3. The molecule has 0 fully saturated rings. The number of amides is 1. The summed E-state index contributed by atoms with van der Waals surface area (Å²) in [5, 5.41) is 2.47. The van der Waals surface area contributed by atoms with E-state index in [1.165, 1.54) is 32.4 Å². The number of carbonyl (C=O) groups is 1. The molecule has 1 amide bonds. The molecule has 1 heterocycles. The highest BCUT2D eigenvalue weighted by Crippen LogP contribution is 2.20. The van der Waals surface area contributed by atoms with E-state index in [4.69, 9.17) is 15.2 Å². The molecule has 0 aliphatic rings. The summed E-state index contributed by atoms with van der Waals surface area (Å²) in [6.07, 6.45) is 0. The van der Waals surface area contributed by atoms with Crippen LogP contribution in [0.4, 0.5) is 16.0 Å². The number of rotatable bonds is 6. The maximum absolute atomic E-state index is 13.6. The Kier molecular flexibility index (Phi) is 5.48. The Morgan fingerprint density at radius 2 is 2.12 bits per heavy atom. The first-order valence-electron chi connectivity index (χ1n) is 6.93. The Balaban J connectivity index is 2.12. The number of benzene rings is 1. The van der Waals surface area contributed by atoms with Gasteiger partial charge in [-0.3, -0.25) is 14.2 Å². The highest BCUT2D eigenvalue weighted by atomic mass is 19.1. The minimum Gasteiger partial charge on any atom is -0.494 e. The molecule has 0 spiro atoms. The zero-order valence-corrected chi connectivity index (χ0v) is 13.2. The van der Waals surface area contributed by atoms with Crippen LogP contribution in [0.5, 0.6) is 5.75 Å². The molecular weight excluding hydrogens is 319 g/mol. The van der Waals surface area contributed by atoms with Crippen molar-refractivity contribution in [3.63, 3.8) is 0 Å². The van der Waals surface area contributed by atoms with E-state index < -0.39 is 17.3 Å². The van der Waals surface area contributed by atoms with Gasteiger partial charge in [0.15, 0.2) is 11.6 Å². The van der Waals surface area contributed by atoms with Gasteiger partial charge in [-0.1, -0.05) is 0 Å². The van der Waals surface area contributed by atoms with Crippen LogP contribution in [0.1, 0.15) is 5.69 Å². The summed E-state index contributed by atoms with van der Waals surface area (Å²) >= 11 is 0. The predicted octanol–water partition coefficient (Wildman–Crippen LogP) is 0.758. The number of hydrogen-bond donors (Lipinski definition) is 2. The second-order valence-electron chi connectivity index (χ2n) is 4.86. The number of nitrogen functional groups attached to an aromatic ring is 1. The first kappa shape index (κ1) is 17.4. The normalized spacial score (nSPS) is 10.5. The second kappa shape index (κ2) is 7.55. The molecule has 9 heteroatoms. The number of halogens is 1. The second-order valence-corrected chi connectivity index (χ2v) is 4.86. The minimum atomic E-state index is -0.613. The Bertz CT molecular complexity index is 807. The first-order chi connectivity index (χ1) is 11.4. The molecule has 0 radical (unpaired) electrons. The Morgan fingerprint density at radius 3 is 2.71 bits per heavy atom. The average molecular weight is 336 g/mol. The van der Waals surface area contributed by atoms with Crippen molar-refractivity contribution in [1.29, 1.82) is 0 Å². The zero-order valence-electron chi connectivity index (χ0n) is 13.2. The van der Waals surface area contributed by atoms with Crippen molar-refractivity contribution in [3.8, 4) is 5.75 Å². The molecule has 0 aliphatic heterocycles. The molecule has 0 saturated heterocycles. The van der Waals surface area contributed by atoms with Crippen molar-refractivity contribution in [2.45, 2.75) is 13.2 Å². The van der Waals surface area contributed by atoms with Crippen molar-refractivity contribution in [1.82, 2.24) is 9.55 Å². The van der Waals surface area contributed by atoms with E-state index >= 15 is 0 Å². The van der Waals surface area contributed by atoms with Gasteiger partial charge in [-0.05, 0) is 12.1 Å². The van der Waals surface area contributed by atoms with E-state index in [1.54, 1.807) is 0 Å². The Morgan fingerprint density at radius 1 is 1.38 bits per heavy atom. The fourth-order valence-electron chi connectivity index (χ4n) is 2.04. The molecule has 0 atom stereocenters. The van der Waals surface area contributed by atoms with Crippen LogP contribution in [0.2, 0.25) is 0 Å². The number of nitrogens with one attached hydrogen (secondary N) is 1. The molecule has 0 bridgehead atoms. The topological polar surface area (TPSA) is 108 Å². The Hall–Kier alpha value is -2.94. The number of aromatic nitrogens is 2. The van der Waals surface area contributed by atoms with Gasteiger partial charge in [-0.2, -0.15) is 0 Å². The molecule has 128 valence electrons. The third kappa shape index (κ3) is 4.07. The van der Waals surface area contributed by atoms with Gasteiger partial charge >= 0.3 is 0 Å². The lowest BCUT2D eigenvalue weighted by Crippen LogP contribution is -2.30. The maximum atomic E-state index is 13.6. The van der Waals surface area contributed by atoms with Gasteiger partial charge in [0.05, 0.1) is 19.4 Å². The first-order valence-corrected chi connectivity index (χ1v) is 6.93. The van der Waals surface area contributed by atoms with Crippen LogP contribution in [-0.2, 0) is 22.7 Å². The van der Waals surface area contributed by atoms with Gasteiger partial charge in [-0.25, -0.2) is 9.37 Å². The van der Waals surface area contributed by atoms with E-state index in [2.05, 4.69) is 10.3 Å². The van der Waals surface area contributed by atoms with E-state index in [0.717, 1.165) is 10.6 Å². The maximum Gasteiger partial charge on any atom is 0.255 e. The number of ether oxygens (including phenoxy) is 2. The van der Waals surface area contributed by atoms with E-state index in [9.17, 15) is 14.0 Å². The lowest BCUT2D eigenvalue weighted by Gasteiger charge is -2.11. The standard InChI is InChI=1S/C15H17FN4O4/c1-23-8-10-6-14(22)20(15(17)19-10)7-13(21)18-9-3-4-12(24-2)11(16)5-9/h3-6H,7-8H2,1-2H3,(H2,17,19)(H,18,21). The Labute approximate surface area is 137 Å². The lowest BCUT2D eigenvalue weighted by molar-refractivity contribution is -0.116. The van der Waals surface area contributed by atoms with Crippen molar-refractivity contribution < 1.29 is 18.7 Å². The summed E-state index contributed by atoms with van der Waals surface area (Å²) in [5.41, 5.74) is 5.81. The summed E-state index contributed by atoms with van der Waals surface area (Å²) in [7, 11) is 2.80. The number of nitrogens with two attached hydrogens (primary N) is 1. The van der Waals surface area contributed by atoms with Crippen LogP contribution in [0, 0.1) is 5.82 Å². The number of nitrogens with zero attached hydrogens (tertiary/aromatic N) is 2. The third-order valence-electron chi connectivity index (χ3n) is 3.12. The van der Waals surface area contributed by atoms with Crippen LogP contribution in [0.15, 0.2) is 29.1 Å². The van der Waals surface area contributed by atoms with Crippen molar-refractivity contribution >= 4 is 17.5 Å². The van der Waals surface area contributed by atoms with Gasteiger partial charge in [0.1, 0.15) is 6.54 Å². The van der Waals surface area contributed by atoms with E-state index in [0.29, 0.717) is 5.69 Å². The molecule has 0 aliphatic carbocycles. The van der Waals surface area contributed by atoms with Crippen LogP contribution < -0.4 is 21.3 Å². The smallest absolute Gasteiger partial charge is 0.255 e. The summed E-state index contributed by atoms with van der Waals surface area (Å²) in [4.78, 5) is 28.0. The van der Waals surface area contributed by atoms with E-state index in [-0.39, 0.29) is 30.5 Å². The fourth-order valence-corrected chi connectivity index (χ4v) is 2.04. The highest BCUT2D eigenvalue weighted by Gasteiger charge is 2.12.